The van der Waals surface area contributed by atoms with E-state index in [1.807, 2.05) is 11.8 Å². The summed E-state index contributed by atoms with van der Waals surface area (Å²) < 4.78 is 26.2. The van der Waals surface area contributed by atoms with E-state index in [1.165, 1.54) is 12.1 Å². The van der Waals surface area contributed by atoms with Gasteiger partial charge in [-0.15, -0.1) is 0 Å². The lowest BCUT2D eigenvalue weighted by Crippen LogP contribution is -2.57. The average Bonchev–Trinajstić information content (AvgIpc) is 2.41. The van der Waals surface area contributed by atoms with Crippen molar-refractivity contribution in [1.82, 2.24) is 10.2 Å². The molecule has 4 nitrogen and oxygen atoms in total. The Morgan fingerprint density at radius 2 is 2.21 bits per heavy atom. The summed E-state index contributed by atoms with van der Waals surface area (Å²) in [6.07, 6.45) is 0. The van der Waals surface area contributed by atoms with E-state index < -0.39 is 23.6 Å². The van der Waals surface area contributed by atoms with Crippen molar-refractivity contribution < 1.29 is 13.6 Å². The first-order valence-electron chi connectivity index (χ1n) is 6.21. The normalized spacial score (nSPS) is 22.2. The second kappa shape index (κ2) is 5.63. The number of carbonyl (C=O) groups is 1. The first-order chi connectivity index (χ1) is 9.00. The van der Waals surface area contributed by atoms with Crippen LogP contribution >= 0.6 is 0 Å². The number of nitrogens with two attached hydrogens (primary N) is 1. The fourth-order valence-electron chi connectivity index (χ4n) is 2.41. The van der Waals surface area contributed by atoms with Gasteiger partial charge in [0.15, 0.2) is 11.6 Å². The molecule has 0 radical (unpaired) electrons. The summed E-state index contributed by atoms with van der Waals surface area (Å²) in [6.45, 7) is 3.70. The minimum atomic E-state index is -0.880. The van der Waals surface area contributed by atoms with Gasteiger partial charge in [-0.05, 0) is 24.6 Å². The van der Waals surface area contributed by atoms with Gasteiger partial charge in [-0.25, -0.2) is 8.78 Å². The van der Waals surface area contributed by atoms with Crippen molar-refractivity contribution in [3.05, 3.63) is 35.4 Å². The molecule has 0 aliphatic carbocycles. The van der Waals surface area contributed by atoms with Crippen molar-refractivity contribution in [2.75, 3.05) is 19.6 Å². The van der Waals surface area contributed by atoms with Crippen molar-refractivity contribution in [2.45, 2.75) is 19.0 Å². The van der Waals surface area contributed by atoms with Crippen LogP contribution in [0, 0.1) is 11.6 Å². The molecule has 104 valence electrons. The zero-order valence-electron chi connectivity index (χ0n) is 10.7. The molecule has 0 aromatic heterocycles. The predicted octanol–water partition coefficient (Wildman–Crippen LogP) is 0.785. The maximum Gasteiger partial charge on any atom is 0.236 e. The van der Waals surface area contributed by atoms with E-state index in [2.05, 4.69) is 5.32 Å². The van der Waals surface area contributed by atoms with Crippen LogP contribution in [0.25, 0.3) is 0 Å². The molecule has 1 saturated heterocycles. The minimum Gasteiger partial charge on any atom is -0.368 e. The Morgan fingerprint density at radius 1 is 1.47 bits per heavy atom. The maximum absolute atomic E-state index is 13.3. The third-order valence-corrected chi connectivity index (χ3v) is 3.54. The van der Waals surface area contributed by atoms with Crippen LogP contribution in [0.1, 0.15) is 18.5 Å². The maximum atomic E-state index is 13.3. The van der Waals surface area contributed by atoms with Gasteiger partial charge in [-0.1, -0.05) is 6.07 Å². The lowest BCUT2D eigenvalue weighted by atomic mass is 10.0. The molecular formula is C13H17F2N3O. The van der Waals surface area contributed by atoms with Gasteiger partial charge in [-0.3, -0.25) is 9.69 Å². The molecule has 0 spiro atoms. The summed E-state index contributed by atoms with van der Waals surface area (Å²) in [6, 6.07) is 3.16. The molecule has 2 unspecified atom stereocenters. The van der Waals surface area contributed by atoms with Crippen molar-refractivity contribution in [3.63, 3.8) is 0 Å². The van der Waals surface area contributed by atoms with Crippen LogP contribution in [-0.4, -0.2) is 36.5 Å². The number of rotatable bonds is 3. The van der Waals surface area contributed by atoms with E-state index in [1.54, 1.807) is 0 Å². The molecule has 1 aromatic rings. The summed E-state index contributed by atoms with van der Waals surface area (Å²) in [5.74, 6) is -2.17. The molecule has 2 rings (SSSR count). The van der Waals surface area contributed by atoms with E-state index in [-0.39, 0.29) is 6.04 Å². The Kier molecular flexibility index (Phi) is 4.11. The number of nitrogens with one attached hydrogen (secondary N) is 1. The Hall–Kier alpha value is -1.53. The van der Waals surface area contributed by atoms with Gasteiger partial charge >= 0.3 is 0 Å². The highest BCUT2D eigenvalue weighted by molar-refractivity contribution is 5.80. The third-order valence-electron chi connectivity index (χ3n) is 3.54. The quantitative estimate of drug-likeness (QED) is 0.852. The summed E-state index contributed by atoms with van der Waals surface area (Å²) in [7, 11) is 0. The SMILES string of the molecule is CC(c1ccc(F)c(F)c1)N1CCNCC1C(N)=O. The van der Waals surface area contributed by atoms with Gasteiger partial charge < -0.3 is 11.1 Å². The van der Waals surface area contributed by atoms with Gasteiger partial charge in [-0.2, -0.15) is 0 Å². The molecule has 1 aliphatic heterocycles. The highest BCUT2D eigenvalue weighted by Gasteiger charge is 2.31. The van der Waals surface area contributed by atoms with Crippen LogP contribution in [-0.2, 0) is 4.79 Å². The van der Waals surface area contributed by atoms with E-state index in [0.717, 1.165) is 12.6 Å². The van der Waals surface area contributed by atoms with E-state index in [9.17, 15) is 13.6 Å². The number of amides is 1. The number of carbonyl (C=O) groups excluding carboxylic acids is 1. The second-order valence-corrected chi connectivity index (χ2v) is 4.71. The van der Waals surface area contributed by atoms with Gasteiger partial charge in [0, 0.05) is 25.7 Å². The molecule has 19 heavy (non-hydrogen) atoms. The molecule has 6 heteroatoms. The molecule has 1 fully saturated rings. The van der Waals surface area contributed by atoms with Crippen molar-refractivity contribution >= 4 is 5.91 Å². The Bertz CT molecular complexity index is 481. The monoisotopic (exact) mass is 269 g/mol. The van der Waals surface area contributed by atoms with Gasteiger partial charge in [0.25, 0.3) is 0 Å². The van der Waals surface area contributed by atoms with Crippen LogP contribution in [0.2, 0.25) is 0 Å². The fraction of sp³-hybridized carbons (Fsp3) is 0.462. The largest absolute Gasteiger partial charge is 0.368 e. The number of piperazine rings is 1. The highest BCUT2D eigenvalue weighted by Crippen LogP contribution is 2.24. The molecule has 1 aromatic carbocycles. The topological polar surface area (TPSA) is 58.4 Å². The minimum absolute atomic E-state index is 0.199. The zero-order valence-corrected chi connectivity index (χ0v) is 10.7. The van der Waals surface area contributed by atoms with Crippen molar-refractivity contribution in [1.29, 1.82) is 0 Å². The number of halogens is 2. The molecule has 2 atom stereocenters. The molecule has 3 N–H and O–H groups in total. The number of primary amides is 1. The number of benzene rings is 1. The van der Waals surface area contributed by atoms with Crippen LogP contribution in [0.15, 0.2) is 18.2 Å². The van der Waals surface area contributed by atoms with Crippen LogP contribution in [0.5, 0.6) is 0 Å². The Labute approximate surface area is 110 Å². The predicted molar refractivity (Wildman–Crippen MR) is 67.3 cm³/mol. The van der Waals surface area contributed by atoms with E-state index in [0.29, 0.717) is 18.7 Å². The van der Waals surface area contributed by atoms with E-state index >= 15 is 0 Å². The lowest BCUT2D eigenvalue weighted by Gasteiger charge is -2.38. The molecule has 1 aliphatic rings. The summed E-state index contributed by atoms with van der Waals surface area (Å²) in [5.41, 5.74) is 6.00. The van der Waals surface area contributed by atoms with Gasteiger partial charge in [0.1, 0.15) is 6.04 Å². The third kappa shape index (κ3) is 2.90. The first kappa shape index (κ1) is 13.9. The van der Waals surface area contributed by atoms with Gasteiger partial charge in [0.2, 0.25) is 5.91 Å². The number of hydrogen-bond donors (Lipinski definition) is 2. The lowest BCUT2D eigenvalue weighted by molar-refractivity contribution is -0.124. The Balaban J connectivity index is 2.23. The first-order valence-corrected chi connectivity index (χ1v) is 6.21. The fourth-order valence-corrected chi connectivity index (χ4v) is 2.41. The standard InChI is InChI=1S/C13H17F2N3O/c1-8(9-2-3-10(14)11(15)6-9)18-5-4-17-7-12(18)13(16)19/h2-3,6,8,12,17H,4-5,7H2,1H3,(H2,16,19). The molecule has 1 heterocycles. The average molecular weight is 269 g/mol. The highest BCUT2D eigenvalue weighted by atomic mass is 19.2. The van der Waals surface area contributed by atoms with Crippen molar-refractivity contribution in [2.24, 2.45) is 5.73 Å². The van der Waals surface area contributed by atoms with Crippen LogP contribution < -0.4 is 11.1 Å². The summed E-state index contributed by atoms with van der Waals surface area (Å²) >= 11 is 0. The van der Waals surface area contributed by atoms with E-state index in [4.69, 9.17) is 5.73 Å². The smallest absolute Gasteiger partial charge is 0.236 e. The summed E-state index contributed by atoms with van der Waals surface area (Å²) in [4.78, 5) is 13.3. The van der Waals surface area contributed by atoms with Gasteiger partial charge in [0.05, 0.1) is 0 Å². The number of hydrogen-bond acceptors (Lipinski definition) is 3. The molecule has 0 bridgehead atoms. The van der Waals surface area contributed by atoms with Crippen molar-refractivity contribution in [3.8, 4) is 0 Å². The molecule has 1 amide bonds. The zero-order chi connectivity index (χ0) is 14.0. The van der Waals surface area contributed by atoms with Crippen LogP contribution in [0.3, 0.4) is 0 Å². The van der Waals surface area contributed by atoms with Crippen LogP contribution in [0.4, 0.5) is 8.78 Å². The second-order valence-electron chi connectivity index (χ2n) is 4.71. The Morgan fingerprint density at radius 3 is 2.84 bits per heavy atom. The number of nitrogens with zero attached hydrogens (tertiary/aromatic N) is 1. The molecular weight excluding hydrogens is 252 g/mol. The molecule has 0 saturated carbocycles. The summed E-state index contributed by atoms with van der Waals surface area (Å²) in [5, 5.41) is 3.10.